The van der Waals surface area contributed by atoms with Gasteiger partial charge in [0.1, 0.15) is 0 Å². The lowest BCUT2D eigenvalue weighted by Crippen LogP contribution is -2.19. The van der Waals surface area contributed by atoms with Gasteiger partial charge in [-0.15, -0.1) is 0 Å². The number of nitrogens with two attached hydrogens (primary N) is 1. The van der Waals surface area contributed by atoms with Crippen molar-refractivity contribution in [3.63, 3.8) is 0 Å². The number of benzene rings is 2. The molecule has 106 valence electrons. The maximum absolute atomic E-state index is 11.6. The van der Waals surface area contributed by atoms with Gasteiger partial charge in [0, 0.05) is 19.6 Å². The van der Waals surface area contributed by atoms with E-state index < -0.39 is 11.9 Å². The molecule has 1 amide bonds. The molecule has 1 aliphatic heterocycles. The normalized spacial score (nSPS) is 12.4. The molecule has 1 heterocycles. The van der Waals surface area contributed by atoms with Crippen LogP contribution in [0, 0.1) is 6.92 Å². The number of primary amides is 1. The van der Waals surface area contributed by atoms with E-state index in [4.69, 9.17) is 5.73 Å². The molecule has 0 bridgehead atoms. The summed E-state index contributed by atoms with van der Waals surface area (Å²) >= 11 is 3.05. The van der Waals surface area contributed by atoms with E-state index in [1.54, 1.807) is 13.0 Å². The van der Waals surface area contributed by atoms with Crippen molar-refractivity contribution >= 4 is 35.4 Å². The summed E-state index contributed by atoms with van der Waals surface area (Å²) in [4.78, 5) is 26.9. The van der Waals surface area contributed by atoms with Gasteiger partial charge >= 0.3 is 5.97 Å². The van der Waals surface area contributed by atoms with Crippen LogP contribution in [0.5, 0.6) is 0 Å². The second kappa shape index (κ2) is 5.13. The third-order valence-corrected chi connectivity index (χ3v) is 5.92. The molecule has 0 aromatic heterocycles. The predicted octanol–water partition coefficient (Wildman–Crippen LogP) is 3.41. The van der Waals surface area contributed by atoms with Gasteiger partial charge in [-0.1, -0.05) is 35.7 Å². The van der Waals surface area contributed by atoms with Gasteiger partial charge in [-0.3, -0.25) is 4.79 Å². The fraction of sp³-hybridized carbons (Fsp3) is 0.0667. The molecule has 1 aliphatic rings. The number of rotatable bonds is 2. The average Bonchev–Trinajstić information content (AvgIpc) is 2.44. The predicted molar refractivity (Wildman–Crippen MR) is 81.3 cm³/mol. The molecule has 0 unspecified atom stereocenters. The van der Waals surface area contributed by atoms with Crippen LogP contribution in [0.15, 0.2) is 49.9 Å². The minimum atomic E-state index is -1.14. The number of carboxylic acids is 1. The summed E-state index contributed by atoms with van der Waals surface area (Å²) in [5, 5.41) is 9.31. The van der Waals surface area contributed by atoms with Crippen molar-refractivity contribution in [1.82, 2.24) is 0 Å². The van der Waals surface area contributed by atoms with Crippen LogP contribution < -0.4 is 5.73 Å². The molecule has 0 fully saturated rings. The Morgan fingerprint density at radius 1 is 1.10 bits per heavy atom. The molecule has 0 saturated carbocycles. The summed E-state index contributed by atoms with van der Waals surface area (Å²) in [7, 11) is 0. The van der Waals surface area contributed by atoms with Crippen molar-refractivity contribution in [3.8, 4) is 0 Å². The SMILES string of the molecule is Cc1c2c(cc(C(=O)O)c1C(N)=O)Sc1ccccc1S2. The van der Waals surface area contributed by atoms with Crippen molar-refractivity contribution in [2.75, 3.05) is 0 Å². The van der Waals surface area contributed by atoms with E-state index in [0.717, 1.165) is 19.6 Å². The highest BCUT2D eigenvalue weighted by molar-refractivity contribution is 8.05. The first-order valence-electron chi connectivity index (χ1n) is 6.14. The lowest BCUT2D eigenvalue weighted by atomic mass is 10.0. The van der Waals surface area contributed by atoms with Gasteiger partial charge in [-0.25, -0.2) is 4.79 Å². The zero-order chi connectivity index (χ0) is 15.1. The minimum absolute atomic E-state index is 0.0359. The fourth-order valence-corrected chi connectivity index (χ4v) is 4.73. The first-order chi connectivity index (χ1) is 9.99. The highest BCUT2D eigenvalue weighted by atomic mass is 32.2. The Morgan fingerprint density at radius 2 is 1.71 bits per heavy atom. The van der Waals surface area contributed by atoms with Gasteiger partial charge in [-0.2, -0.15) is 0 Å². The zero-order valence-electron chi connectivity index (χ0n) is 11.0. The van der Waals surface area contributed by atoms with Crippen LogP contribution in [0.1, 0.15) is 26.3 Å². The van der Waals surface area contributed by atoms with Crippen molar-refractivity contribution in [1.29, 1.82) is 0 Å². The molecule has 2 aromatic carbocycles. The first-order valence-corrected chi connectivity index (χ1v) is 7.77. The smallest absolute Gasteiger partial charge is 0.336 e. The Balaban J connectivity index is 2.24. The van der Waals surface area contributed by atoms with Gasteiger partial charge in [0.25, 0.3) is 0 Å². The van der Waals surface area contributed by atoms with Crippen LogP contribution in [0.4, 0.5) is 0 Å². The third kappa shape index (κ3) is 2.30. The van der Waals surface area contributed by atoms with E-state index in [1.807, 2.05) is 24.3 Å². The van der Waals surface area contributed by atoms with Crippen molar-refractivity contribution in [3.05, 3.63) is 47.0 Å². The Morgan fingerprint density at radius 3 is 2.29 bits per heavy atom. The minimum Gasteiger partial charge on any atom is -0.478 e. The molecule has 2 aromatic rings. The molecule has 0 saturated heterocycles. The van der Waals surface area contributed by atoms with Gasteiger partial charge < -0.3 is 10.8 Å². The van der Waals surface area contributed by atoms with Crippen LogP contribution in [-0.2, 0) is 0 Å². The molecule has 0 spiro atoms. The van der Waals surface area contributed by atoms with Crippen LogP contribution in [0.3, 0.4) is 0 Å². The average molecular weight is 317 g/mol. The third-order valence-electron chi connectivity index (χ3n) is 3.24. The molecule has 6 heteroatoms. The molecule has 0 aliphatic carbocycles. The van der Waals surface area contributed by atoms with Crippen LogP contribution >= 0.6 is 23.5 Å². The van der Waals surface area contributed by atoms with Crippen molar-refractivity contribution in [2.24, 2.45) is 5.73 Å². The van der Waals surface area contributed by atoms with Gasteiger partial charge in [0.05, 0.1) is 11.1 Å². The highest BCUT2D eigenvalue weighted by Gasteiger charge is 2.26. The number of carbonyl (C=O) groups excluding carboxylic acids is 1. The molecule has 21 heavy (non-hydrogen) atoms. The summed E-state index contributed by atoms with van der Waals surface area (Å²) in [6.45, 7) is 1.74. The number of aromatic carboxylic acids is 1. The number of carbonyl (C=O) groups is 2. The van der Waals surface area contributed by atoms with Crippen molar-refractivity contribution in [2.45, 2.75) is 26.5 Å². The summed E-state index contributed by atoms with van der Waals surface area (Å²) in [5.41, 5.74) is 6.05. The molecule has 3 rings (SSSR count). The highest BCUT2D eigenvalue weighted by Crippen LogP contribution is 2.50. The Kier molecular flexibility index (Phi) is 3.43. The van der Waals surface area contributed by atoms with E-state index in [1.165, 1.54) is 23.5 Å². The number of fused-ring (bicyclic) bond motifs is 2. The lowest BCUT2D eigenvalue weighted by Gasteiger charge is -2.22. The largest absolute Gasteiger partial charge is 0.478 e. The van der Waals surface area contributed by atoms with Crippen LogP contribution in [-0.4, -0.2) is 17.0 Å². The molecular formula is C15H11NO3S2. The standard InChI is InChI=1S/C15H11NO3S2/c1-7-12(14(16)17)8(15(18)19)6-11-13(7)21-10-5-3-2-4-9(10)20-11/h2-6H,1H3,(H2,16,17)(H,18,19). The van der Waals surface area contributed by atoms with E-state index >= 15 is 0 Å². The van der Waals surface area contributed by atoms with Gasteiger partial charge in [0.15, 0.2) is 0 Å². The van der Waals surface area contributed by atoms with Crippen LogP contribution in [0.25, 0.3) is 0 Å². The molecule has 3 N–H and O–H groups in total. The number of carboxylic acid groups (broad SMARTS) is 1. The fourth-order valence-electron chi connectivity index (χ4n) is 2.31. The second-order valence-electron chi connectivity index (χ2n) is 4.57. The molecule has 0 radical (unpaired) electrons. The lowest BCUT2D eigenvalue weighted by molar-refractivity contribution is 0.0691. The zero-order valence-corrected chi connectivity index (χ0v) is 12.7. The monoisotopic (exact) mass is 317 g/mol. The summed E-state index contributed by atoms with van der Waals surface area (Å²) in [6.07, 6.45) is 0. The Bertz CT molecular complexity index is 787. The van der Waals surface area contributed by atoms with E-state index in [2.05, 4.69) is 0 Å². The first kappa shape index (κ1) is 14.0. The van der Waals surface area contributed by atoms with Gasteiger partial charge in [0.2, 0.25) is 5.91 Å². The van der Waals surface area contributed by atoms with E-state index in [9.17, 15) is 14.7 Å². The van der Waals surface area contributed by atoms with Gasteiger partial charge in [-0.05, 0) is 30.7 Å². The number of hydrogen-bond donors (Lipinski definition) is 2. The molecular weight excluding hydrogens is 306 g/mol. The summed E-state index contributed by atoms with van der Waals surface area (Å²) in [6, 6.07) is 9.43. The van der Waals surface area contributed by atoms with E-state index in [-0.39, 0.29) is 11.1 Å². The molecule has 4 nitrogen and oxygen atoms in total. The number of amides is 1. The number of hydrogen-bond acceptors (Lipinski definition) is 4. The topological polar surface area (TPSA) is 80.4 Å². The summed E-state index contributed by atoms with van der Waals surface area (Å²) < 4.78 is 0. The van der Waals surface area contributed by atoms with E-state index in [0.29, 0.717) is 5.56 Å². The Labute approximate surface area is 129 Å². The van der Waals surface area contributed by atoms with Crippen LogP contribution in [0.2, 0.25) is 0 Å². The summed E-state index contributed by atoms with van der Waals surface area (Å²) in [5.74, 6) is -1.85. The maximum Gasteiger partial charge on any atom is 0.336 e. The Hall–Kier alpha value is -1.92. The van der Waals surface area contributed by atoms with Crippen molar-refractivity contribution < 1.29 is 14.7 Å². The second-order valence-corrected chi connectivity index (χ2v) is 6.71. The molecule has 0 atom stereocenters. The quantitative estimate of drug-likeness (QED) is 0.757. The maximum atomic E-state index is 11.6.